The second kappa shape index (κ2) is 9.78. The van der Waals surface area contributed by atoms with E-state index in [-0.39, 0.29) is 17.7 Å². The molecule has 144 valence electrons. The van der Waals surface area contributed by atoms with Gasteiger partial charge in [-0.15, -0.1) is 0 Å². The number of anilines is 1. The number of amides is 2. The van der Waals surface area contributed by atoms with Crippen molar-refractivity contribution in [1.29, 1.82) is 0 Å². The molecule has 1 saturated heterocycles. The molecule has 0 aromatic heterocycles. The standard InChI is InChI=1S/C19H28ClN3O3/c1-4-23(5-2)19(25)14-8-10-22(11-9-14)13-18(24)21-16-12-15(20)6-7-17(16)26-3/h6-7,12,14H,4-5,8-11,13H2,1-3H3,(H,21,24). The predicted octanol–water partition coefficient (Wildman–Crippen LogP) is 2.87. The number of carbonyl (C=O) groups excluding carboxylic acids is 2. The molecule has 0 atom stereocenters. The Hall–Kier alpha value is -1.79. The Bertz CT molecular complexity index is 626. The molecule has 0 aliphatic carbocycles. The van der Waals surface area contributed by atoms with Crippen LogP contribution in [0.4, 0.5) is 5.69 Å². The highest BCUT2D eigenvalue weighted by molar-refractivity contribution is 6.31. The summed E-state index contributed by atoms with van der Waals surface area (Å²) >= 11 is 5.99. The van der Waals surface area contributed by atoms with Gasteiger partial charge in [0, 0.05) is 24.0 Å². The van der Waals surface area contributed by atoms with Crippen LogP contribution in [0.2, 0.25) is 5.02 Å². The first-order chi connectivity index (χ1) is 12.5. The van der Waals surface area contributed by atoms with Crippen LogP contribution in [0, 0.1) is 5.92 Å². The van der Waals surface area contributed by atoms with E-state index in [2.05, 4.69) is 10.2 Å². The monoisotopic (exact) mass is 381 g/mol. The van der Waals surface area contributed by atoms with Gasteiger partial charge < -0.3 is 15.0 Å². The molecule has 7 heteroatoms. The van der Waals surface area contributed by atoms with Gasteiger partial charge in [-0.2, -0.15) is 0 Å². The van der Waals surface area contributed by atoms with Gasteiger partial charge in [-0.3, -0.25) is 14.5 Å². The summed E-state index contributed by atoms with van der Waals surface area (Å²) in [5, 5.41) is 3.39. The minimum Gasteiger partial charge on any atom is -0.495 e. The molecule has 1 heterocycles. The maximum Gasteiger partial charge on any atom is 0.238 e. The average Bonchev–Trinajstić information content (AvgIpc) is 2.63. The third kappa shape index (κ3) is 5.35. The fourth-order valence-electron chi connectivity index (χ4n) is 3.30. The Labute approximate surface area is 160 Å². The van der Waals surface area contributed by atoms with E-state index < -0.39 is 0 Å². The van der Waals surface area contributed by atoms with E-state index in [1.165, 1.54) is 0 Å². The van der Waals surface area contributed by atoms with Crippen molar-refractivity contribution in [2.75, 3.05) is 45.2 Å². The van der Waals surface area contributed by atoms with Crippen molar-refractivity contribution in [2.24, 2.45) is 5.92 Å². The number of carbonyl (C=O) groups is 2. The lowest BCUT2D eigenvalue weighted by molar-refractivity contribution is -0.136. The minimum absolute atomic E-state index is 0.0715. The van der Waals surface area contributed by atoms with Gasteiger partial charge in [-0.25, -0.2) is 0 Å². The fourth-order valence-corrected chi connectivity index (χ4v) is 3.47. The fraction of sp³-hybridized carbons (Fsp3) is 0.579. The molecule has 0 saturated carbocycles. The van der Waals surface area contributed by atoms with Crippen molar-refractivity contribution < 1.29 is 14.3 Å². The third-order valence-corrected chi connectivity index (χ3v) is 5.05. The van der Waals surface area contributed by atoms with Crippen LogP contribution in [0.15, 0.2) is 18.2 Å². The molecule has 1 N–H and O–H groups in total. The quantitative estimate of drug-likeness (QED) is 0.788. The van der Waals surface area contributed by atoms with E-state index in [1.54, 1.807) is 25.3 Å². The molecule has 2 rings (SSSR count). The topological polar surface area (TPSA) is 61.9 Å². The summed E-state index contributed by atoms with van der Waals surface area (Å²) in [4.78, 5) is 28.8. The van der Waals surface area contributed by atoms with Crippen molar-refractivity contribution >= 4 is 29.1 Å². The summed E-state index contributed by atoms with van der Waals surface area (Å²) in [6.45, 7) is 7.30. The predicted molar refractivity (Wildman–Crippen MR) is 104 cm³/mol. The molecule has 0 unspecified atom stereocenters. The molecular formula is C19H28ClN3O3. The molecule has 0 radical (unpaired) electrons. The first kappa shape index (κ1) is 20.5. The Morgan fingerprint density at radius 2 is 1.92 bits per heavy atom. The molecule has 26 heavy (non-hydrogen) atoms. The van der Waals surface area contributed by atoms with Gasteiger partial charge in [0.15, 0.2) is 0 Å². The Morgan fingerprint density at radius 1 is 1.27 bits per heavy atom. The molecule has 1 aliphatic heterocycles. The van der Waals surface area contributed by atoms with Gasteiger partial charge >= 0.3 is 0 Å². The lowest BCUT2D eigenvalue weighted by atomic mass is 9.95. The number of likely N-dealkylation sites (tertiary alicyclic amines) is 1. The largest absolute Gasteiger partial charge is 0.495 e. The van der Waals surface area contributed by atoms with Crippen molar-refractivity contribution in [1.82, 2.24) is 9.80 Å². The van der Waals surface area contributed by atoms with E-state index in [9.17, 15) is 9.59 Å². The highest BCUT2D eigenvalue weighted by atomic mass is 35.5. The van der Waals surface area contributed by atoms with E-state index in [0.29, 0.717) is 23.0 Å². The van der Waals surface area contributed by atoms with E-state index in [4.69, 9.17) is 16.3 Å². The number of ether oxygens (including phenoxy) is 1. The van der Waals surface area contributed by atoms with E-state index in [0.717, 1.165) is 39.0 Å². The van der Waals surface area contributed by atoms with Crippen LogP contribution in [0.25, 0.3) is 0 Å². The van der Waals surface area contributed by atoms with Gasteiger partial charge in [-0.05, 0) is 58.0 Å². The van der Waals surface area contributed by atoms with Crippen LogP contribution in [0.3, 0.4) is 0 Å². The highest BCUT2D eigenvalue weighted by Gasteiger charge is 2.28. The number of nitrogens with one attached hydrogen (secondary N) is 1. The first-order valence-electron chi connectivity index (χ1n) is 9.13. The number of hydrogen-bond acceptors (Lipinski definition) is 4. The molecule has 1 aliphatic rings. The molecule has 1 fully saturated rings. The van der Waals surface area contributed by atoms with E-state index >= 15 is 0 Å². The second-order valence-electron chi connectivity index (χ2n) is 6.45. The van der Waals surface area contributed by atoms with Gasteiger partial charge in [0.2, 0.25) is 11.8 Å². The van der Waals surface area contributed by atoms with Crippen LogP contribution in [0.1, 0.15) is 26.7 Å². The van der Waals surface area contributed by atoms with Crippen LogP contribution < -0.4 is 10.1 Å². The van der Waals surface area contributed by atoms with Crippen molar-refractivity contribution in [2.45, 2.75) is 26.7 Å². The lowest BCUT2D eigenvalue weighted by Crippen LogP contribution is -2.44. The first-order valence-corrected chi connectivity index (χ1v) is 9.50. The number of hydrogen-bond donors (Lipinski definition) is 1. The zero-order valence-corrected chi connectivity index (χ0v) is 16.5. The molecule has 1 aromatic carbocycles. The average molecular weight is 382 g/mol. The normalized spacial score (nSPS) is 15.5. The zero-order chi connectivity index (χ0) is 19.1. The van der Waals surface area contributed by atoms with Crippen LogP contribution in [-0.4, -0.2) is 61.4 Å². The number of halogens is 1. The number of rotatable bonds is 7. The summed E-state index contributed by atoms with van der Waals surface area (Å²) in [6, 6.07) is 5.11. The molecule has 1 aromatic rings. The van der Waals surface area contributed by atoms with Gasteiger partial charge in [-0.1, -0.05) is 11.6 Å². The van der Waals surface area contributed by atoms with Crippen LogP contribution in [-0.2, 0) is 9.59 Å². The maximum absolute atomic E-state index is 12.4. The zero-order valence-electron chi connectivity index (χ0n) is 15.8. The number of methoxy groups -OCH3 is 1. The molecule has 6 nitrogen and oxygen atoms in total. The smallest absolute Gasteiger partial charge is 0.238 e. The van der Waals surface area contributed by atoms with Crippen molar-refractivity contribution in [3.05, 3.63) is 23.2 Å². The summed E-state index contributed by atoms with van der Waals surface area (Å²) < 4.78 is 5.25. The number of piperidine rings is 1. The van der Waals surface area contributed by atoms with Crippen LogP contribution >= 0.6 is 11.6 Å². The van der Waals surface area contributed by atoms with Gasteiger partial charge in [0.25, 0.3) is 0 Å². The molecule has 0 bridgehead atoms. The van der Waals surface area contributed by atoms with Crippen LogP contribution in [0.5, 0.6) is 5.75 Å². The van der Waals surface area contributed by atoms with Crippen molar-refractivity contribution in [3.8, 4) is 5.75 Å². The summed E-state index contributed by atoms with van der Waals surface area (Å²) in [5.74, 6) is 0.773. The number of nitrogens with zero attached hydrogens (tertiary/aromatic N) is 2. The van der Waals surface area contributed by atoms with Gasteiger partial charge in [0.1, 0.15) is 5.75 Å². The summed E-state index contributed by atoms with van der Waals surface area (Å²) in [6.07, 6.45) is 1.59. The lowest BCUT2D eigenvalue weighted by Gasteiger charge is -2.33. The second-order valence-corrected chi connectivity index (χ2v) is 6.89. The Kier molecular flexibility index (Phi) is 7.72. The highest BCUT2D eigenvalue weighted by Crippen LogP contribution is 2.27. The Balaban J connectivity index is 1.85. The third-order valence-electron chi connectivity index (χ3n) is 4.81. The van der Waals surface area contributed by atoms with E-state index in [1.807, 2.05) is 18.7 Å². The number of benzene rings is 1. The van der Waals surface area contributed by atoms with Crippen molar-refractivity contribution in [3.63, 3.8) is 0 Å². The molecular weight excluding hydrogens is 354 g/mol. The maximum atomic E-state index is 12.4. The van der Waals surface area contributed by atoms with Gasteiger partial charge in [0.05, 0.1) is 19.3 Å². The SMILES string of the molecule is CCN(CC)C(=O)C1CCN(CC(=O)Nc2cc(Cl)ccc2OC)CC1. The minimum atomic E-state index is -0.112. The Morgan fingerprint density at radius 3 is 2.50 bits per heavy atom. The summed E-state index contributed by atoms with van der Waals surface area (Å²) in [5.41, 5.74) is 0.566. The summed E-state index contributed by atoms with van der Waals surface area (Å²) in [7, 11) is 1.55. The molecule has 2 amide bonds. The molecule has 0 spiro atoms.